The van der Waals surface area contributed by atoms with E-state index >= 15 is 0 Å². The van der Waals surface area contributed by atoms with Gasteiger partial charge in [0.2, 0.25) is 0 Å². The molecule has 0 aliphatic rings. The largest absolute Gasteiger partial charge is 0.495 e. The molecule has 7 nitrogen and oxygen atoms in total. The van der Waals surface area contributed by atoms with Crippen LogP contribution in [-0.2, 0) is 4.79 Å². The van der Waals surface area contributed by atoms with Crippen molar-refractivity contribution < 1.29 is 14.3 Å². The van der Waals surface area contributed by atoms with Crippen LogP contribution in [0.4, 0.5) is 0 Å². The number of hydrazone groups is 1. The summed E-state index contributed by atoms with van der Waals surface area (Å²) in [5, 5.41) is 6.73. The Kier molecular flexibility index (Phi) is 6.27. The third-order valence-corrected chi connectivity index (χ3v) is 3.23. The van der Waals surface area contributed by atoms with E-state index in [9.17, 15) is 9.59 Å². The molecule has 24 heavy (non-hydrogen) atoms. The normalized spacial score (nSPS) is 10.4. The minimum absolute atomic E-state index is 0.193. The molecule has 0 radical (unpaired) electrons. The second kappa shape index (κ2) is 8.64. The lowest BCUT2D eigenvalue weighted by atomic mass is 10.2. The molecule has 1 heterocycles. The Balaban J connectivity index is 1.80. The zero-order valence-corrected chi connectivity index (χ0v) is 13.6. The highest BCUT2D eigenvalue weighted by Gasteiger charge is 2.06. The molecule has 1 aromatic heterocycles. The standard InChI is InChI=1S/C16H15ClN4O3/c1-24-14-3-2-11(8-13(14)17)9-20-21-15(22)10-19-16(23)12-4-6-18-7-5-12/h2-9H,10H2,1H3,(H,19,23)(H,21,22)/b20-9-. The topological polar surface area (TPSA) is 92.7 Å². The first-order valence-corrected chi connectivity index (χ1v) is 7.31. The minimum Gasteiger partial charge on any atom is -0.495 e. The number of methoxy groups -OCH3 is 1. The molecule has 0 bridgehead atoms. The first-order chi connectivity index (χ1) is 11.6. The maximum atomic E-state index is 11.8. The number of carbonyl (C=O) groups is 2. The van der Waals surface area contributed by atoms with Gasteiger partial charge in [-0.25, -0.2) is 5.43 Å². The molecule has 8 heteroatoms. The molecule has 0 unspecified atom stereocenters. The minimum atomic E-state index is -0.451. The summed E-state index contributed by atoms with van der Waals surface area (Å²) in [4.78, 5) is 27.2. The number of amides is 2. The third kappa shape index (κ3) is 5.06. The van der Waals surface area contributed by atoms with Crippen molar-refractivity contribution in [2.24, 2.45) is 5.10 Å². The van der Waals surface area contributed by atoms with E-state index in [1.165, 1.54) is 25.7 Å². The fourth-order valence-electron chi connectivity index (χ4n) is 1.75. The van der Waals surface area contributed by atoms with Crippen LogP contribution in [0.5, 0.6) is 5.75 Å². The molecule has 124 valence electrons. The van der Waals surface area contributed by atoms with Gasteiger partial charge in [0.15, 0.2) is 0 Å². The Hall–Kier alpha value is -2.93. The van der Waals surface area contributed by atoms with Crippen LogP contribution in [0.25, 0.3) is 0 Å². The summed E-state index contributed by atoms with van der Waals surface area (Å²) in [5.74, 6) is -0.261. The molecular weight excluding hydrogens is 332 g/mol. The van der Waals surface area contributed by atoms with Gasteiger partial charge < -0.3 is 10.1 Å². The number of halogens is 1. The molecular formula is C16H15ClN4O3. The van der Waals surface area contributed by atoms with Gasteiger partial charge in [-0.1, -0.05) is 11.6 Å². The van der Waals surface area contributed by atoms with E-state index in [2.05, 4.69) is 20.8 Å². The van der Waals surface area contributed by atoms with Crippen LogP contribution in [-0.4, -0.2) is 36.7 Å². The Labute approximate surface area is 143 Å². The maximum Gasteiger partial charge on any atom is 0.259 e. The van der Waals surface area contributed by atoms with Crippen molar-refractivity contribution in [2.45, 2.75) is 0 Å². The van der Waals surface area contributed by atoms with Crippen molar-refractivity contribution in [3.8, 4) is 5.75 Å². The Morgan fingerprint density at radius 1 is 1.29 bits per heavy atom. The van der Waals surface area contributed by atoms with Gasteiger partial charge in [0.05, 0.1) is 24.9 Å². The molecule has 0 spiro atoms. The second-order valence-electron chi connectivity index (χ2n) is 4.61. The number of benzene rings is 1. The summed E-state index contributed by atoms with van der Waals surface area (Å²) in [6.45, 7) is -0.193. The van der Waals surface area contributed by atoms with Crippen molar-refractivity contribution in [2.75, 3.05) is 13.7 Å². The molecule has 0 aliphatic heterocycles. The zero-order chi connectivity index (χ0) is 17.4. The van der Waals surface area contributed by atoms with Gasteiger partial charge in [-0.3, -0.25) is 14.6 Å². The number of ether oxygens (including phenoxy) is 1. The van der Waals surface area contributed by atoms with Gasteiger partial charge in [-0.2, -0.15) is 5.10 Å². The molecule has 1 aromatic carbocycles. The fourth-order valence-corrected chi connectivity index (χ4v) is 2.01. The second-order valence-corrected chi connectivity index (χ2v) is 5.01. The molecule has 0 fully saturated rings. The number of nitrogens with one attached hydrogen (secondary N) is 2. The Morgan fingerprint density at radius 2 is 2.04 bits per heavy atom. The van der Waals surface area contributed by atoms with E-state index in [0.717, 1.165) is 0 Å². The average molecular weight is 347 g/mol. The molecule has 2 aromatic rings. The predicted molar refractivity (Wildman–Crippen MR) is 90.3 cm³/mol. The van der Waals surface area contributed by atoms with Crippen molar-refractivity contribution in [3.05, 3.63) is 58.9 Å². The van der Waals surface area contributed by atoms with E-state index in [1.54, 1.807) is 30.3 Å². The molecule has 0 saturated heterocycles. The molecule has 2 amide bonds. The summed E-state index contributed by atoms with van der Waals surface area (Å²) in [6, 6.07) is 8.20. The monoisotopic (exact) mass is 346 g/mol. The van der Waals surface area contributed by atoms with E-state index in [1.807, 2.05) is 0 Å². The number of hydrogen-bond acceptors (Lipinski definition) is 5. The highest BCUT2D eigenvalue weighted by Crippen LogP contribution is 2.24. The van der Waals surface area contributed by atoms with Crippen molar-refractivity contribution in [1.29, 1.82) is 0 Å². The van der Waals surface area contributed by atoms with Crippen LogP contribution in [0.2, 0.25) is 5.02 Å². The summed E-state index contributed by atoms with van der Waals surface area (Å²) < 4.78 is 5.04. The van der Waals surface area contributed by atoms with Gasteiger partial charge in [0.25, 0.3) is 11.8 Å². The van der Waals surface area contributed by atoms with Gasteiger partial charge in [-0.05, 0) is 35.9 Å². The highest BCUT2D eigenvalue weighted by molar-refractivity contribution is 6.32. The van der Waals surface area contributed by atoms with Gasteiger partial charge in [0, 0.05) is 18.0 Å². The van der Waals surface area contributed by atoms with Gasteiger partial charge in [0.1, 0.15) is 5.75 Å². The average Bonchev–Trinajstić information content (AvgIpc) is 2.60. The maximum absolute atomic E-state index is 11.8. The molecule has 0 aliphatic carbocycles. The number of pyridine rings is 1. The van der Waals surface area contributed by atoms with E-state index in [0.29, 0.717) is 21.9 Å². The van der Waals surface area contributed by atoms with E-state index < -0.39 is 5.91 Å². The smallest absolute Gasteiger partial charge is 0.259 e. The molecule has 2 N–H and O–H groups in total. The van der Waals surface area contributed by atoms with Gasteiger partial charge in [-0.15, -0.1) is 0 Å². The van der Waals surface area contributed by atoms with Crippen molar-refractivity contribution >= 4 is 29.6 Å². The zero-order valence-electron chi connectivity index (χ0n) is 12.8. The number of nitrogens with zero attached hydrogens (tertiary/aromatic N) is 2. The van der Waals surface area contributed by atoms with Crippen molar-refractivity contribution in [1.82, 2.24) is 15.7 Å². The lowest BCUT2D eigenvalue weighted by Gasteiger charge is -2.04. The lowest BCUT2D eigenvalue weighted by molar-refractivity contribution is -0.120. The molecule has 0 atom stereocenters. The van der Waals surface area contributed by atoms with Crippen LogP contribution in [0.3, 0.4) is 0 Å². The SMILES string of the molecule is COc1ccc(/C=N\NC(=O)CNC(=O)c2ccncc2)cc1Cl. The van der Waals surface area contributed by atoms with Crippen LogP contribution in [0.1, 0.15) is 15.9 Å². The van der Waals surface area contributed by atoms with E-state index in [4.69, 9.17) is 16.3 Å². The quantitative estimate of drug-likeness (QED) is 0.614. The van der Waals surface area contributed by atoms with Crippen LogP contribution >= 0.6 is 11.6 Å². The van der Waals surface area contributed by atoms with Gasteiger partial charge >= 0.3 is 0 Å². The van der Waals surface area contributed by atoms with E-state index in [-0.39, 0.29) is 12.5 Å². The molecule has 2 rings (SSSR count). The van der Waals surface area contributed by atoms with Crippen LogP contribution < -0.4 is 15.5 Å². The first kappa shape index (κ1) is 17.4. The van der Waals surface area contributed by atoms with Crippen LogP contribution in [0, 0.1) is 0 Å². The fraction of sp³-hybridized carbons (Fsp3) is 0.125. The number of carbonyl (C=O) groups excluding carboxylic acids is 2. The van der Waals surface area contributed by atoms with Crippen molar-refractivity contribution in [3.63, 3.8) is 0 Å². The summed E-state index contributed by atoms with van der Waals surface area (Å²) in [5.41, 5.74) is 3.44. The Bertz CT molecular complexity index is 750. The predicted octanol–water partition coefficient (Wildman–Crippen LogP) is 1.62. The third-order valence-electron chi connectivity index (χ3n) is 2.93. The Morgan fingerprint density at radius 3 is 2.71 bits per heavy atom. The number of aromatic nitrogens is 1. The summed E-state index contributed by atoms with van der Waals surface area (Å²) >= 11 is 5.99. The highest BCUT2D eigenvalue weighted by atomic mass is 35.5. The first-order valence-electron chi connectivity index (χ1n) is 6.94. The molecule has 0 saturated carbocycles. The summed E-state index contributed by atoms with van der Waals surface area (Å²) in [6.07, 6.45) is 4.44. The number of hydrogen-bond donors (Lipinski definition) is 2. The van der Waals surface area contributed by atoms with Crippen LogP contribution in [0.15, 0.2) is 47.8 Å². The lowest BCUT2D eigenvalue weighted by Crippen LogP contribution is -2.34. The summed E-state index contributed by atoms with van der Waals surface area (Å²) in [7, 11) is 1.52. The number of rotatable bonds is 6.